The van der Waals surface area contributed by atoms with E-state index in [0.29, 0.717) is 19.1 Å². The third-order valence-corrected chi connectivity index (χ3v) is 3.72. The number of hydrogen-bond donors (Lipinski definition) is 1. The summed E-state index contributed by atoms with van der Waals surface area (Å²) in [7, 11) is 1.66. The van der Waals surface area contributed by atoms with Gasteiger partial charge in [0.25, 0.3) is 5.91 Å². The van der Waals surface area contributed by atoms with Gasteiger partial charge in [0.1, 0.15) is 4.88 Å². The molecule has 1 unspecified atom stereocenters. The number of hydrogen-bond acceptors (Lipinski definition) is 3. The van der Waals surface area contributed by atoms with Crippen LogP contribution in [0, 0.1) is 5.92 Å². The molecule has 0 saturated carbocycles. The van der Waals surface area contributed by atoms with Gasteiger partial charge in [-0.15, -0.1) is 11.3 Å². The summed E-state index contributed by atoms with van der Waals surface area (Å²) < 4.78 is 5.84. The first-order chi connectivity index (χ1) is 7.15. The minimum atomic E-state index is -0.0279. The van der Waals surface area contributed by atoms with Gasteiger partial charge >= 0.3 is 0 Å². The highest BCUT2D eigenvalue weighted by Gasteiger charge is 2.11. The third kappa shape index (κ3) is 3.93. The molecule has 0 aliphatic rings. The molecular formula is C10H14BrNO2S. The highest BCUT2D eigenvalue weighted by Crippen LogP contribution is 2.22. The van der Waals surface area contributed by atoms with E-state index < -0.39 is 0 Å². The molecule has 1 N–H and O–H groups in total. The standard InChI is InChI=1S/C10H14BrNO2S/c1-7(6-14-2)5-12-10(13)9-8(11)3-4-15-9/h3-4,7H,5-6H2,1-2H3,(H,12,13). The minimum absolute atomic E-state index is 0.0279. The van der Waals surface area contributed by atoms with Gasteiger partial charge in [0, 0.05) is 18.1 Å². The van der Waals surface area contributed by atoms with Crippen molar-refractivity contribution in [2.75, 3.05) is 20.3 Å². The van der Waals surface area contributed by atoms with Crippen LogP contribution in [0.3, 0.4) is 0 Å². The molecule has 0 spiro atoms. The zero-order chi connectivity index (χ0) is 11.3. The zero-order valence-electron chi connectivity index (χ0n) is 8.75. The molecule has 0 aromatic carbocycles. The second-order valence-electron chi connectivity index (χ2n) is 3.37. The van der Waals surface area contributed by atoms with Crippen molar-refractivity contribution < 1.29 is 9.53 Å². The van der Waals surface area contributed by atoms with Crippen LogP contribution in [-0.2, 0) is 4.74 Å². The summed E-state index contributed by atoms with van der Waals surface area (Å²) in [6.07, 6.45) is 0. The van der Waals surface area contributed by atoms with Crippen LogP contribution < -0.4 is 5.32 Å². The van der Waals surface area contributed by atoms with Crippen molar-refractivity contribution in [3.8, 4) is 0 Å². The van der Waals surface area contributed by atoms with E-state index in [1.807, 2.05) is 18.4 Å². The Morgan fingerprint density at radius 3 is 3.00 bits per heavy atom. The van der Waals surface area contributed by atoms with Crippen LogP contribution in [-0.4, -0.2) is 26.2 Å². The average Bonchev–Trinajstić information content (AvgIpc) is 2.61. The van der Waals surface area contributed by atoms with Gasteiger partial charge in [-0.05, 0) is 33.3 Å². The first-order valence-corrected chi connectivity index (χ1v) is 6.32. The lowest BCUT2D eigenvalue weighted by molar-refractivity contribution is 0.0937. The van der Waals surface area contributed by atoms with E-state index in [1.54, 1.807) is 7.11 Å². The number of carbonyl (C=O) groups excluding carboxylic acids is 1. The van der Waals surface area contributed by atoms with Crippen LogP contribution >= 0.6 is 27.3 Å². The molecule has 15 heavy (non-hydrogen) atoms. The van der Waals surface area contributed by atoms with Crippen LogP contribution in [0.5, 0.6) is 0 Å². The van der Waals surface area contributed by atoms with Crippen molar-refractivity contribution in [1.29, 1.82) is 0 Å². The van der Waals surface area contributed by atoms with Gasteiger partial charge in [-0.2, -0.15) is 0 Å². The van der Waals surface area contributed by atoms with Crippen LogP contribution in [0.1, 0.15) is 16.6 Å². The summed E-state index contributed by atoms with van der Waals surface area (Å²) in [6.45, 7) is 3.33. The second-order valence-corrected chi connectivity index (χ2v) is 5.14. The van der Waals surface area contributed by atoms with Crippen molar-refractivity contribution in [3.05, 3.63) is 20.8 Å². The molecule has 0 aliphatic carbocycles. The number of ether oxygens (including phenoxy) is 1. The number of carbonyl (C=O) groups is 1. The molecule has 0 bridgehead atoms. The Hall–Kier alpha value is -0.390. The topological polar surface area (TPSA) is 38.3 Å². The van der Waals surface area contributed by atoms with E-state index in [-0.39, 0.29) is 5.91 Å². The SMILES string of the molecule is COCC(C)CNC(=O)c1sccc1Br. The van der Waals surface area contributed by atoms with E-state index in [0.717, 1.165) is 9.35 Å². The van der Waals surface area contributed by atoms with E-state index in [2.05, 4.69) is 21.2 Å². The van der Waals surface area contributed by atoms with Crippen molar-refractivity contribution in [2.24, 2.45) is 5.92 Å². The van der Waals surface area contributed by atoms with Crippen molar-refractivity contribution in [2.45, 2.75) is 6.92 Å². The molecule has 0 fully saturated rings. The molecule has 1 atom stereocenters. The number of nitrogens with one attached hydrogen (secondary N) is 1. The molecule has 3 nitrogen and oxygen atoms in total. The summed E-state index contributed by atoms with van der Waals surface area (Å²) in [5.41, 5.74) is 0. The summed E-state index contributed by atoms with van der Waals surface area (Å²) in [5.74, 6) is 0.303. The van der Waals surface area contributed by atoms with Crippen LogP contribution in [0.4, 0.5) is 0 Å². The number of halogens is 1. The number of amides is 1. The van der Waals surface area contributed by atoms with Crippen molar-refractivity contribution in [3.63, 3.8) is 0 Å². The lowest BCUT2D eigenvalue weighted by Gasteiger charge is -2.10. The van der Waals surface area contributed by atoms with Crippen LogP contribution in [0.2, 0.25) is 0 Å². The fourth-order valence-electron chi connectivity index (χ4n) is 1.15. The first-order valence-electron chi connectivity index (χ1n) is 4.65. The highest BCUT2D eigenvalue weighted by molar-refractivity contribution is 9.10. The normalized spacial score (nSPS) is 12.5. The largest absolute Gasteiger partial charge is 0.384 e. The van der Waals surface area contributed by atoms with E-state index in [1.165, 1.54) is 11.3 Å². The maximum Gasteiger partial charge on any atom is 0.262 e. The molecule has 1 aromatic heterocycles. The molecule has 1 amide bonds. The molecule has 0 saturated heterocycles. The number of thiophene rings is 1. The molecule has 1 rings (SSSR count). The van der Waals surface area contributed by atoms with Gasteiger partial charge < -0.3 is 10.1 Å². The number of rotatable bonds is 5. The average molecular weight is 292 g/mol. The van der Waals surface area contributed by atoms with Crippen molar-refractivity contribution >= 4 is 33.2 Å². The van der Waals surface area contributed by atoms with Gasteiger partial charge in [0.2, 0.25) is 0 Å². The second kappa shape index (κ2) is 6.25. The predicted molar refractivity (Wildman–Crippen MR) is 65.4 cm³/mol. The van der Waals surface area contributed by atoms with Gasteiger partial charge in [0.15, 0.2) is 0 Å². The Morgan fingerprint density at radius 2 is 2.47 bits per heavy atom. The minimum Gasteiger partial charge on any atom is -0.384 e. The Labute approximate surface area is 102 Å². The Balaban J connectivity index is 2.40. The molecule has 1 heterocycles. The van der Waals surface area contributed by atoms with Gasteiger partial charge in [-0.3, -0.25) is 4.79 Å². The fourth-order valence-corrected chi connectivity index (χ4v) is 2.61. The van der Waals surface area contributed by atoms with Crippen molar-refractivity contribution in [1.82, 2.24) is 5.32 Å². The van der Waals surface area contributed by atoms with E-state index in [9.17, 15) is 4.79 Å². The van der Waals surface area contributed by atoms with Gasteiger partial charge in [-0.1, -0.05) is 6.92 Å². The third-order valence-electron chi connectivity index (χ3n) is 1.89. The smallest absolute Gasteiger partial charge is 0.262 e. The van der Waals surface area contributed by atoms with Crippen LogP contribution in [0.25, 0.3) is 0 Å². The molecular weight excluding hydrogens is 278 g/mol. The molecule has 5 heteroatoms. The maximum atomic E-state index is 11.7. The molecule has 0 radical (unpaired) electrons. The maximum absolute atomic E-state index is 11.7. The van der Waals surface area contributed by atoms with E-state index in [4.69, 9.17) is 4.74 Å². The Morgan fingerprint density at radius 1 is 1.73 bits per heavy atom. The summed E-state index contributed by atoms with van der Waals surface area (Å²) in [5, 5.41) is 4.76. The monoisotopic (exact) mass is 291 g/mol. The quantitative estimate of drug-likeness (QED) is 0.905. The predicted octanol–water partition coefficient (Wildman–Crippen LogP) is 2.52. The first kappa shape index (κ1) is 12.7. The molecule has 1 aromatic rings. The fraction of sp³-hybridized carbons (Fsp3) is 0.500. The molecule has 0 aliphatic heterocycles. The molecule has 84 valence electrons. The number of methoxy groups -OCH3 is 1. The van der Waals surface area contributed by atoms with Gasteiger partial charge in [0.05, 0.1) is 6.61 Å². The lowest BCUT2D eigenvalue weighted by atomic mass is 10.2. The highest BCUT2D eigenvalue weighted by atomic mass is 79.9. The Kier molecular flexibility index (Phi) is 5.28. The summed E-state index contributed by atoms with van der Waals surface area (Å²) in [4.78, 5) is 12.4. The summed E-state index contributed by atoms with van der Waals surface area (Å²) >= 11 is 4.76. The van der Waals surface area contributed by atoms with Gasteiger partial charge in [-0.25, -0.2) is 0 Å². The zero-order valence-corrected chi connectivity index (χ0v) is 11.2. The summed E-state index contributed by atoms with van der Waals surface area (Å²) in [6, 6.07) is 1.87. The van der Waals surface area contributed by atoms with Crippen LogP contribution in [0.15, 0.2) is 15.9 Å². The lowest BCUT2D eigenvalue weighted by Crippen LogP contribution is -2.29. The Bertz CT molecular complexity index is 327. The van der Waals surface area contributed by atoms with E-state index >= 15 is 0 Å².